The number of aromatic nitrogens is 1. The Morgan fingerprint density at radius 1 is 1.28 bits per heavy atom. The average Bonchev–Trinajstić information content (AvgIpc) is 3.50. The molecule has 3 heterocycles. The Morgan fingerprint density at radius 2 is 2.24 bits per heavy atom. The van der Waals surface area contributed by atoms with Crippen LogP contribution in [0, 0.1) is 0 Å². The maximum absolute atomic E-state index is 13.0. The predicted molar refractivity (Wildman–Crippen MR) is 116 cm³/mol. The normalized spacial score (nSPS) is 16.1. The van der Waals surface area contributed by atoms with Crippen molar-refractivity contribution in [3.8, 4) is 5.75 Å². The lowest BCUT2D eigenvalue weighted by Crippen LogP contribution is -2.36. The van der Waals surface area contributed by atoms with Crippen LogP contribution in [-0.2, 0) is 17.7 Å². The Morgan fingerprint density at radius 3 is 3.00 bits per heavy atom. The largest absolute Gasteiger partial charge is 0.493 e. The van der Waals surface area contributed by atoms with Crippen molar-refractivity contribution in [2.24, 2.45) is 0 Å². The lowest BCUT2D eigenvalue weighted by atomic mass is 10.1. The lowest BCUT2D eigenvalue weighted by molar-refractivity contribution is 0.0510. The van der Waals surface area contributed by atoms with Gasteiger partial charge in [-0.1, -0.05) is 18.2 Å². The second-order valence-electron chi connectivity index (χ2n) is 7.01. The van der Waals surface area contributed by atoms with Crippen molar-refractivity contribution in [3.05, 3.63) is 68.8 Å². The number of nitrogens with zero attached hydrogens (tertiary/aromatic N) is 2. The minimum Gasteiger partial charge on any atom is -0.493 e. The number of thiophene rings is 1. The average molecular weight is 429 g/mol. The Bertz CT molecular complexity index is 891. The van der Waals surface area contributed by atoms with E-state index in [1.807, 2.05) is 29.2 Å². The molecule has 1 aromatic carbocycles. The molecule has 0 unspecified atom stereocenters. The third-order valence-electron chi connectivity index (χ3n) is 4.85. The van der Waals surface area contributed by atoms with Gasteiger partial charge in [-0.3, -0.25) is 9.78 Å². The van der Waals surface area contributed by atoms with Gasteiger partial charge < -0.3 is 14.4 Å². The van der Waals surface area contributed by atoms with Gasteiger partial charge in [-0.05, 0) is 42.0 Å². The van der Waals surface area contributed by atoms with E-state index < -0.39 is 0 Å². The first-order chi connectivity index (χ1) is 14.3. The van der Waals surface area contributed by atoms with E-state index in [2.05, 4.69) is 22.5 Å². The molecule has 2 aromatic heterocycles. The molecule has 1 aliphatic rings. The second kappa shape index (κ2) is 10.0. The molecule has 0 spiro atoms. The molecular weight excluding hydrogens is 404 g/mol. The maximum Gasteiger partial charge on any atom is 0.265 e. The van der Waals surface area contributed by atoms with Gasteiger partial charge in [-0.15, -0.1) is 22.7 Å². The van der Waals surface area contributed by atoms with E-state index in [4.69, 9.17) is 9.47 Å². The molecule has 3 aromatic rings. The molecule has 0 aliphatic carbocycles. The first-order valence-electron chi connectivity index (χ1n) is 9.81. The molecule has 1 amide bonds. The van der Waals surface area contributed by atoms with Gasteiger partial charge in [0, 0.05) is 31.0 Å². The highest BCUT2D eigenvalue weighted by molar-refractivity contribution is 7.11. The predicted octanol–water partition coefficient (Wildman–Crippen LogP) is 4.65. The van der Waals surface area contributed by atoms with Crippen LogP contribution in [0.2, 0.25) is 0 Å². The number of carbonyl (C=O) groups is 1. The highest BCUT2D eigenvalue weighted by atomic mass is 32.1. The highest BCUT2D eigenvalue weighted by Gasteiger charge is 2.24. The van der Waals surface area contributed by atoms with E-state index in [-0.39, 0.29) is 12.0 Å². The molecule has 7 heteroatoms. The fourth-order valence-corrected chi connectivity index (χ4v) is 4.69. The van der Waals surface area contributed by atoms with Crippen LogP contribution in [0.5, 0.6) is 5.75 Å². The SMILES string of the molecule is O=C(c1cncs1)N(Cc1cccc(OCCc2cccs2)c1)C[C@H]1CCCO1. The topological polar surface area (TPSA) is 51.7 Å². The fraction of sp³-hybridized carbons (Fsp3) is 0.364. The van der Waals surface area contributed by atoms with Gasteiger partial charge in [0.2, 0.25) is 0 Å². The summed E-state index contributed by atoms with van der Waals surface area (Å²) in [6, 6.07) is 12.2. The van der Waals surface area contributed by atoms with E-state index in [0.717, 1.165) is 37.2 Å². The van der Waals surface area contributed by atoms with Crippen molar-refractivity contribution in [1.29, 1.82) is 0 Å². The summed E-state index contributed by atoms with van der Waals surface area (Å²) >= 11 is 3.12. The first kappa shape index (κ1) is 20.1. The number of carbonyl (C=O) groups excluding carboxylic acids is 1. The molecule has 4 rings (SSSR count). The molecule has 1 atom stereocenters. The monoisotopic (exact) mass is 428 g/mol. The van der Waals surface area contributed by atoms with E-state index in [9.17, 15) is 4.79 Å². The molecule has 0 bridgehead atoms. The van der Waals surface area contributed by atoms with Gasteiger partial charge in [0.25, 0.3) is 5.91 Å². The summed E-state index contributed by atoms with van der Waals surface area (Å²) in [5.74, 6) is 0.841. The number of hydrogen-bond acceptors (Lipinski definition) is 6. The Kier molecular flexibility index (Phi) is 6.92. The van der Waals surface area contributed by atoms with Crippen molar-refractivity contribution in [2.75, 3.05) is 19.8 Å². The van der Waals surface area contributed by atoms with Crippen molar-refractivity contribution < 1.29 is 14.3 Å². The molecular formula is C22H24N2O3S2. The van der Waals surface area contributed by atoms with Gasteiger partial charge in [0.15, 0.2) is 0 Å². The van der Waals surface area contributed by atoms with Crippen LogP contribution in [0.1, 0.15) is 33.0 Å². The smallest absolute Gasteiger partial charge is 0.265 e. The second-order valence-corrected chi connectivity index (χ2v) is 8.93. The number of hydrogen-bond donors (Lipinski definition) is 0. The summed E-state index contributed by atoms with van der Waals surface area (Å²) in [7, 11) is 0. The van der Waals surface area contributed by atoms with Gasteiger partial charge in [-0.2, -0.15) is 0 Å². The Hall–Kier alpha value is -2.22. The third kappa shape index (κ3) is 5.65. The zero-order valence-corrected chi connectivity index (χ0v) is 17.8. The fourth-order valence-electron chi connectivity index (χ4n) is 3.41. The zero-order valence-electron chi connectivity index (χ0n) is 16.2. The standard InChI is InChI=1S/C22H24N2O3S2/c25-22(21-13-23-16-29-21)24(15-19-6-2-9-26-19)14-17-4-1-5-18(12-17)27-10-8-20-7-3-11-28-20/h1,3-5,7,11-13,16,19H,2,6,8-10,14-15H2/t19-/m1/s1. The summed E-state index contributed by atoms with van der Waals surface area (Å²) in [5.41, 5.74) is 2.74. The Balaban J connectivity index is 1.41. The molecule has 1 saturated heterocycles. The number of amides is 1. The number of ether oxygens (including phenoxy) is 2. The van der Waals surface area contributed by atoms with Crippen LogP contribution in [-0.4, -0.2) is 41.7 Å². The van der Waals surface area contributed by atoms with Crippen LogP contribution >= 0.6 is 22.7 Å². The van der Waals surface area contributed by atoms with E-state index in [1.54, 1.807) is 23.0 Å². The Labute approximate surface area is 178 Å². The van der Waals surface area contributed by atoms with Crippen LogP contribution in [0.25, 0.3) is 0 Å². The summed E-state index contributed by atoms with van der Waals surface area (Å²) in [4.78, 5) is 20.9. The quantitative estimate of drug-likeness (QED) is 0.498. The molecule has 1 fully saturated rings. The number of thiazole rings is 1. The van der Waals surface area contributed by atoms with E-state index >= 15 is 0 Å². The minimum absolute atomic E-state index is 0.00650. The van der Waals surface area contributed by atoms with Crippen LogP contribution in [0.4, 0.5) is 0 Å². The van der Waals surface area contributed by atoms with Crippen LogP contribution in [0.3, 0.4) is 0 Å². The maximum atomic E-state index is 13.0. The molecule has 152 valence electrons. The molecule has 29 heavy (non-hydrogen) atoms. The van der Waals surface area contributed by atoms with Gasteiger partial charge >= 0.3 is 0 Å². The van der Waals surface area contributed by atoms with Crippen LogP contribution in [0.15, 0.2) is 53.5 Å². The highest BCUT2D eigenvalue weighted by Crippen LogP contribution is 2.21. The van der Waals surface area contributed by atoms with Gasteiger partial charge in [-0.25, -0.2) is 0 Å². The molecule has 0 radical (unpaired) electrons. The molecule has 0 N–H and O–H groups in total. The third-order valence-corrected chi connectivity index (χ3v) is 6.54. The number of benzene rings is 1. The van der Waals surface area contributed by atoms with Crippen molar-refractivity contribution >= 4 is 28.6 Å². The lowest BCUT2D eigenvalue weighted by Gasteiger charge is -2.25. The molecule has 5 nitrogen and oxygen atoms in total. The zero-order chi connectivity index (χ0) is 19.9. The van der Waals surface area contributed by atoms with Gasteiger partial charge in [0.05, 0.1) is 24.4 Å². The molecule has 1 aliphatic heterocycles. The van der Waals surface area contributed by atoms with Crippen molar-refractivity contribution in [3.63, 3.8) is 0 Å². The first-order valence-corrected chi connectivity index (χ1v) is 11.6. The minimum atomic E-state index is 0.00650. The van der Waals surface area contributed by atoms with Gasteiger partial charge in [0.1, 0.15) is 10.6 Å². The number of rotatable bonds is 9. The summed E-state index contributed by atoms with van der Waals surface area (Å²) in [6.07, 6.45) is 4.70. The van der Waals surface area contributed by atoms with Crippen molar-refractivity contribution in [2.45, 2.75) is 31.9 Å². The van der Waals surface area contributed by atoms with E-state index in [0.29, 0.717) is 24.6 Å². The van der Waals surface area contributed by atoms with Crippen LogP contribution < -0.4 is 4.74 Å². The van der Waals surface area contributed by atoms with E-state index in [1.165, 1.54) is 16.2 Å². The summed E-state index contributed by atoms with van der Waals surface area (Å²) in [5, 5.41) is 2.08. The summed E-state index contributed by atoms with van der Waals surface area (Å²) in [6.45, 7) is 2.54. The summed E-state index contributed by atoms with van der Waals surface area (Å²) < 4.78 is 11.7. The van der Waals surface area contributed by atoms with Crippen molar-refractivity contribution in [1.82, 2.24) is 9.88 Å². The molecule has 0 saturated carbocycles.